The molecule has 7 aromatic rings. The highest BCUT2D eigenvalue weighted by molar-refractivity contribution is 7.26. The van der Waals surface area contributed by atoms with Crippen LogP contribution >= 0.6 is 11.3 Å². The Hall–Kier alpha value is -4.40. The molecule has 0 unspecified atom stereocenters. The van der Waals surface area contributed by atoms with Gasteiger partial charge in [-0.15, -0.1) is 11.3 Å². The normalized spacial score (nSPS) is 11.3. The van der Waals surface area contributed by atoms with Crippen molar-refractivity contribution in [3.05, 3.63) is 133 Å². The van der Waals surface area contributed by atoms with Crippen LogP contribution in [-0.4, -0.2) is 0 Å². The number of nitrogens with one attached hydrogen (secondary N) is 1. The summed E-state index contributed by atoms with van der Waals surface area (Å²) in [6.07, 6.45) is 0. The topological polar surface area (TPSA) is 12.0 Å². The quantitative estimate of drug-likeness (QED) is 0.266. The number of benzene rings is 6. The minimum Gasteiger partial charge on any atom is -0.354 e. The maximum atomic E-state index is 3.68. The lowest BCUT2D eigenvalue weighted by molar-refractivity contribution is 1.56. The van der Waals surface area contributed by atoms with E-state index in [9.17, 15) is 0 Å². The Balaban J connectivity index is 1.20. The van der Waals surface area contributed by atoms with E-state index in [1.54, 1.807) is 0 Å². The Morgan fingerprint density at radius 1 is 0.444 bits per heavy atom. The lowest BCUT2D eigenvalue weighted by Gasteiger charge is -2.10. The number of anilines is 2. The highest BCUT2D eigenvalue weighted by Gasteiger charge is 2.12. The molecule has 36 heavy (non-hydrogen) atoms. The minimum absolute atomic E-state index is 1.09. The molecule has 1 N–H and O–H groups in total. The molecule has 0 spiro atoms. The molecule has 0 amide bonds. The largest absolute Gasteiger partial charge is 0.354 e. The highest BCUT2D eigenvalue weighted by Crippen LogP contribution is 2.42. The lowest BCUT2D eigenvalue weighted by atomic mass is 10.0. The molecule has 0 saturated carbocycles. The van der Waals surface area contributed by atoms with Gasteiger partial charge in [-0.2, -0.15) is 0 Å². The van der Waals surface area contributed by atoms with Crippen LogP contribution in [0.25, 0.3) is 53.2 Å². The van der Waals surface area contributed by atoms with Crippen LogP contribution in [-0.2, 0) is 0 Å². The van der Waals surface area contributed by atoms with E-state index < -0.39 is 0 Å². The van der Waals surface area contributed by atoms with Crippen molar-refractivity contribution in [2.75, 3.05) is 5.32 Å². The second-order valence-corrected chi connectivity index (χ2v) is 10.1. The molecule has 1 heterocycles. The Labute approximate surface area is 214 Å². The molecule has 1 nitrogen and oxygen atoms in total. The Morgan fingerprint density at radius 2 is 1.06 bits per heavy atom. The zero-order valence-corrected chi connectivity index (χ0v) is 20.4. The standard InChI is InChI=1S/C34H23NS/c1-2-7-23(8-3-1)24-13-15-25(16-14-24)26-17-20-28(21-18-26)35-31-12-6-11-30-33-29-10-5-4-9-27(29)19-22-32(33)36-34(30)31/h1-22,35H. The van der Waals surface area contributed by atoms with Gasteiger partial charge in [0.1, 0.15) is 0 Å². The molecule has 2 heteroatoms. The van der Waals surface area contributed by atoms with E-state index in [4.69, 9.17) is 0 Å². The third-order valence-corrected chi connectivity index (χ3v) is 8.08. The van der Waals surface area contributed by atoms with Crippen LogP contribution in [0.2, 0.25) is 0 Å². The zero-order chi connectivity index (χ0) is 23.9. The number of hydrogen-bond acceptors (Lipinski definition) is 2. The molecule has 6 aromatic carbocycles. The summed E-state index contributed by atoms with van der Waals surface area (Å²) >= 11 is 1.86. The molecule has 0 bridgehead atoms. The number of rotatable bonds is 4. The summed E-state index contributed by atoms with van der Waals surface area (Å²) in [5.74, 6) is 0. The maximum Gasteiger partial charge on any atom is 0.0590 e. The van der Waals surface area contributed by atoms with Crippen LogP contribution in [0, 0.1) is 0 Å². The highest BCUT2D eigenvalue weighted by atomic mass is 32.1. The molecule has 1 aromatic heterocycles. The fraction of sp³-hybridized carbons (Fsp3) is 0. The molecule has 0 radical (unpaired) electrons. The molecule has 0 aliphatic carbocycles. The summed E-state index contributed by atoms with van der Waals surface area (Å²) in [7, 11) is 0. The van der Waals surface area contributed by atoms with Gasteiger partial charge in [0.15, 0.2) is 0 Å². The molecule has 0 saturated heterocycles. The average molecular weight is 478 g/mol. The molecular formula is C34H23NS. The Kier molecular flexibility index (Phi) is 5.04. The minimum atomic E-state index is 1.09. The van der Waals surface area contributed by atoms with Gasteiger partial charge in [0, 0.05) is 21.2 Å². The van der Waals surface area contributed by atoms with E-state index in [1.165, 1.54) is 53.2 Å². The van der Waals surface area contributed by atoms with E-state index >= 15 is 0 Å². The van der Waals surface area contributed by atoms with Crippen molar-refractivity contribution in [3.8, 4) is 22.3 Å². The zero-order valence-electron chi connectivity index (χ0n) is 19.6. The van der Waals surface area contributed by atoms with Gasteiger partial charge in [0.05, 0.1) is 10.4 Å². The first-order chi connectivity index (χ1) is 17.8. The van der Waals surface area contributed by atoms with Crippen molar-refractivity contribution in [2.24, 2.45) is 0 Å². The number of fused-ring (bicyclic) bond motifs is 5. The summed E-state index contributed by atoms with van der Waals surface area (Å²) in [6, 6.07) is 47.7. The Bertz CT molecular complexity index is 1830. The molecule has 0 aliphatic rings. The van der Waals surface area contributed by atoms with Gasteiger partial charge in [-0.3, -0.25) is 0 Å². The number of thiophene rings is 1. The first-order valence-electron chi connectivity index (χ1n) is 12.2. The van der Waals surface area contributed by atoms with Crippen molar-refractivity contribution in [2.45, 2.75) is 0 Å². The van der Waals surface area contributed by atoms with E-state index in [2.05, 4.69) is 139 Å². The van der Waals surface area contributed by atoms with Crippen molar-refractivity contribution in [1.82, 2.24) is 0 Å². The summed E-state index contributed by atoms with van der Waals surface area (Å²) in [5, 5.41) is 8.95. The fourth-order valence-electron chi connectivity index (χ4n) is 5.05. The van der Waals surface area contributed by atoms with Gasteiger partial charge in [0.2, 0.25) is 0 Å². The van der Waals surface area contributed by atoms with Crippen LogP contribution in [0.4, 0.5) is 11.4 Å². The molecule has 0 atom stereocenters. The van der Waals surface area contributed by atoms with Crippen LogP contribution < -0.4 is 5.32 Å². The van der Waals surface area contributed by atoms with E-state index in [0.717, 1.165) is 11.4 Å². The second kappa shape index (κ2) is 8.67. The third kappa shape index (κ3) is 3.64. The van der Waals surface area contributed by atoms with Crippen LogP contribution in [0.5, 0.6) is 0 Å². The Morgan fingerprint density at radius 3 is 1.81 bits per heavy atom. The van der Waals surface area contributed by atoms with Gasteiger partial charge in [-0.25, -0.2) is 0 Å². The SMILES string of the molecule is c1ccc(-c2ccc(-c3ccc(Nc4cccc5c4sc4ccc6ccccc6c45)cc3)cc2)cc1. The molecule has 170 valence electrons. The fourth-order valence-corrected chi connectivity index (χ4v) is 6.24. The van der Waals surface area contributed by atoms with Gasteiger partial charge in [-0.1, -0.05) is 109 Å². The molecule has 0 aliphatic heterocycles. The van der Waals surface area contributed by atoms with Gasteiger partial charge >= 0.3 is 0 Å². The average Bonchev–Trinajstić information content (AvgIpc) is 3.34. The summed E-state index contributed by atoms with van der Waals surface area (Å²) in [4.78, 5) is 0. The first kappa shape index (κ1) is 20.9. The predicted molar refractivity (Wildman–Crippen MR) is 157 cm³/mol. The first-order valence-corrected chi connectivity index (χ1v) is 13.0. The lowest BCUT2D eigenvalue weighted by Crippen LogP contribution is -1.90. The van der Waals surface area contributed by atoms with Crippen molar-refractivity contribution in [1.29, 1.82) is 0 Å². The summed E-state index contributed by atoms with van der Waals surface area (Å²) in [6.45, 7) is 0. The third-order valence-electron chi connectivity index (χ3n) is 6.88. The monoisotopic (exact) mass is 477 g/mol. The summed E-state index contributed by atoms with van der Waals surface area (Å²) in [5.41, 5.74) is 7.16. The van der Waals surface area contributed by atoms with Gasteiger partial charge < -0.3 is 5.32 Å². The summed E-state index contributed by atoms with van der Waals surface area (Å²) < 4.78 is 2.62. The van der Waals surface area contributed by atoms with Crippen LogP contribution in [0.15, 0.2) is 133 Å². The van der Waals surface area contributed by atoms with Crippen LogP contribution in [0.3, 0.4) is 0 Å². The van der Waals surface area contributed by atoms with E-state index in [0.29, 0.717) is 0 Å². The number of hydrogen-bond donors (Lipinski definition) is 1. The molecule has 7 rings (SSSR count). The second-order valence-electron chi connectivity index (χ2n) is 9.09. The van der Waals surface area contributed by atoms with Crippen molar-refractivity contribution >= 4 is 53.7 Å². The van der Waals surface area contributed by atoms with Crippen LogP contribution in [0.1, 0.15) is 0 Å². The van der Waals surface area contributed by atoms with Gasteiger partial charge in [0.25, 0.3) is 0 Å². The van der Waals surface area contributed by atoms with Crippen molar-refractivity contribution in [3.63, 3.8) is 0 Å². The van der Waals surface area contributed by atoms with Crippen molar-refractivity contribution < 1.29 is 0 Å². The van der Waals surface area contributed by atoms with E-state index in [1.807, 2.05) is 11.3 Å². The maximum absolute atomic E-state index is 3.68. The smallest absolute Gasteiger partial charge is 0.0590 e. The molecular weight excluding hydrogens is 454 g/mol. The van der Waals surface area contributed by atoms with Gasteiger partial charge in [-0.05, 0) is 57.3 Å². The molecule has 0 fully saturated rings. The van der Waals surface area contributed by atoms with E-state index in [-0.39, 0.29) is 0 Å². The predicted octanol–water partition coefficient (Wildman–Crippen LogP) is 10.3.